The Morgan fingerprint density at radius 2 is 1.74 bits per heavy atom. The summed E-state index contributed by atoms with van der Waals surface area (Å²) >= 11 is 0. The third-order valence-electron chi connectivity index (χ3n) is 4.35. The molecule has 3 rings (SSSR count). The Labute approximate surface area is 157 Å². The topological polar surface area (TPSA) is 80.6 Å². The number of carbonyl (C=O) groups is 2. The molecule has 2 aromatic carbocycles. The fourth-order valence-corrected chi connectivity index (χ4v) is 2.81. The van der Waals surface area contributed by atoms with Crippen molar-refractivity contribution in [3.8, 4) is 0 Å². The first-order valence-electron chi connectivity index (χ1n) is 8.73. The lowest BCUT2D eigenvalue weighted by Crippen LogP contribution is -2.42. The highest BCUT2D eigenvalue weighted by molar-refractivity contribution is 6.35. The molecule has 0 aliphatic carbocycles. The summed E-state index contributed by atoms with van der Waals surface area (Å²) in [7, 11) is 1.53. The van der Waals surface area contributed by atoms with Gasteiger partial charge in [0.2, 0.25) is 0 Å². The largest absolute Gasteiger partial charge is 0.458 e. The van der Waals surface area contributed by atoms with Crippen molar-refractivity contribution in [1.82, 2.24) is 10.6 Å². The van der Waals surface area contributed by atoms with Gasteiger partial charge in [-0.1, -0.05) is 48.5 Å². The van der Waals surface area contributed by atoms with Gasteiger partial charge in [-0.25, -0.2) is 0 Å². The summed E-state index contributed by atoms with van der Waals surface area (Å²) in [5, 5.41) is 6.23. The molecule has 6 nitrogen and oxygen atoms in total. The van der Waals surface area contributed by atoms with Gasteiger partial charge in [0.15, 0.2) is 0 Å². The maximum absolute atomic E-state index is 12.1. The Hall–Kier alpha value is -3.12. The van der Waals surface area contributed by atoms with Crippen molar-refractivity contribution >= 4 is 22.8 Å². The number of benzene rings is 2. The Balaban J connectivity index is 1.57. The van der Waals surface area contributed by atoms with Crippen LogP contribution < -0.4 is 10.6 Å². The standard InChI is InChI=1S/C21H22N2O4/c1-14(15-8-4-3-5-9-15)23-21(25)20(24)22-13-19(26-2)18-12-16-10-6-7-11-17(16)27-18/h3-12,14,19H,13H2,1-2H3,(H,22,24)(H,23,25)/t14-,19-/m0/s1. The number of ether oxygens (including phenoxy) is 1. The van der Waals surface area contributed by atoms with Crippen LogP contribution in [-0.4, -0.2) is 25.5 Å². The molecule has 27 heavy (non-hydrogen) atoms. The average Bonchev–Trinajstić information content (AvgIpc) is 3.12. The van der Waals surface area contributed by atoms with E-state index in [1.54, 1.807) is 0 Å². The van der Waals surface area contributed by atoms with Gasteiger partial charge in [0.1, 0.15) is 17.4 Å². The Morgan fingerprint density at radius 1 is 1.04 bits per heavy atom. The van der Waals surface area contributed by atoms with Crippen LogP contribution in [0.15, 0.2) is 65.1 Å². The van der Waals surface area contributed by atoms with Crippen molar-refractivity contribution in [3.63, 3.8) is 0 Å². The summed E-state index contributed by atoms with van der Waals surface area (Å²) in [5.41, 5.74) is 1.67. The van der Waals surface area contributed by atoms with Crippen LogP contribution in [0.25, 0.3) is 11.0 Å². The Morgan fingerprint density at radius 3 is 2.44 bits per heavy atom. The van der Waals surface area contributed by atoms with Gasteiger partial charge in [-0.3, -0.25) is 9.59 Å². The molecule has 0 bridgehead atoms. The molecule has 1 heterocycles. The zero-order valence-electron chi connectivity index (χ0n) is 15.3. The van der Waals surface area contributed by atoms with Crippen LogP contribution in [-0.2, 0) is 14.3 Å². The molecular weight excluding hydrogens is 344 g/mol. The Kier molecular flexibility index (Phi) is 5.88. The number of rotatable bonds is 6. The number of carbonyl (C=O) groups excluding carboxylic acids is 2. The summed E-state index contributed by atoms with van der Waals surface area (Å²) in [6, 6.07) is 18.7. The first-order chi connectivity index (χ1) is 13.1. The van der Waals surface area contributed by atoms with Crippen LogP contribution in [0, 0.1) is 0 Å². The minimum absolute atomic E-state index is 0.127. The lowest BCUT2D eigenvalue weighted by atomic mass is 10.1. The molecule has 0 unspecified atom stereocenters. The zero-order chi connectivity index (χ0) is 19.2. The van der Waals surface area contributed by atoms with Gasteiger partial charge in [0, 0.05) is 12.5 Å². The molecule has 0 spiro atoms. The highest BCUT2D eigenvalue weighted by Gasteiger charge is 2.21. The van der Waals surface area contributed by atoms with Crippen LogP contribution in [0.3, 0.4) is 0 Å². The van der Waals surface area contributed by atoms with Gasteiger partial charge >= 0.3 is 11.8 Å². The second kappa shape index (κ2) is 8.51. The summed E-state index contributed by atoms with van der Waals surface area (Å²) < 4.78 is 11.2. The lowest BCUT2D eigenvalue weighted by molar-refractivity contribution is -0.139. The van der Waals surface area contributed by atoms with Crippen LogP contribution in [0.2, 0.25) is 0 Å². The number of para-hydroxylation sites is 1. The number of methoxy groups -OCH3 is 1. The van der Waals surface area contributed by atoms with Crippen molar-refractivity contribution < 1.29 is 18.7 Å². The predicted octanol–water partition coefficient (Wildman–Crippen LogP) is 3.11. The molecule has 2 atom stereocenters. The smallest absolute Gasteiger partial charge is 0.309 e. The van der Waals surface area contributed by atoms with E-state index in [2.05, 4.69) is 10.6 Å². The fraction of sp³-hybridized carbons (Fsp3) is 0.238. The number of nitrogens with one attached hydrogen (secondary N) is 2. The van der Waals surface area contributed by atoms with Crippen molar-refractivity contribution in [3.05, 3.63) is 72.0 Å². The van der Waals surface area contributed by atoms with Gasteiger partial charge in [-0.2, -0.15) is 0 Å². The van der Waals surface area contributed by atoms with Crippen LogP contribution >= 0.6 is 0 Å². The lowest BCUT2D eigenvalue weighted by Gasteiger charge is -2.16. The molecule has 140 valence electrons. The number of hydrogen-bond acceptors (Lipinski definition) is 4. The minimum Gasteiger partial charge on any atom is -0.458 e. The molecule has 3 aromatic rings. The van der Waals surface area contributed by atoms with Crippen LogP contribution in [0.1, 0.15) is 30.4 Å². The highest BCUT2D eigenvalue weighted by atomic mass is 16.5. The molecule has 6 heteroatoms. The third kappa shape index (κ3) is 4.54. The van der Waals surface area contributed by atoms with Gasteiger partial charge in [0.25, 0.3) is 0 Å². The minimum atomic E-state index is -0.712. The van der Waals surface area contributed by atoms with Gasteiger partial charge < -0.3 is 19.8 Å². The molecule has 0 radical (unpaired) electrons. The maximum atomic E-state index is 12.1. The average molecular weight is 366 g/mol. The van der Waals surface area contributed by atoms with Crippen LogP contribution in [0.4, 0.5) is 0 Å². The van der Waals surface area contributed by atoms with Gasteiger partial charge in [0.05, 0.1) is 12.6 Å². The second-order valence-electron chi connectivity index (χ2n) is 6.23. The van der Waals surface area contributed by atoms with Crippen molar-refractivity contribution in [2.45, 2.75) is 19.1 Å². The van der Waals surface area contributed by atoms with E-state index in [1.165, 1.54) is 7.11 Å². The van der Waals surface area contributed by atoms with Crippen molar-refractivity contribution in [2.24, 2.45) is 0 Å². The van der Waals surface area contributed by atoms with E-state index < -0.39 is 17.9 Å². The van der Waals surface area contributed by atoms with Gasteiger partial charge in [-0.15, -0.1) is 0 Å². The van der Waals surface area contributed by atoms with E-state index in [1.807, 2.05) is 67.6 Å². The van der Waals surface area contributed by atoms with Crippen LogP contribution in [0.5, 0.6) is 0 Å². The predicted molar refractivity (Wildman–Crippen MR) is 102 cm³/mol. The van der Waals surface area contributed by atoms with Gasteiger partial charge in [-0.05, 0) is 24.6 Å². The number of furan rings is 1. The molecule has 0 saturated carbocycles. The first-order valence-corrected chi connectivity index (χ1v) is 8.73. The maximum Gasteiger partial charge on any atom is 0.309 e. The molecule has 0 aliphatic rings. The van der Waals surface area contributed by atoms with Crippen molar-refractivity contribution in [1.29, 1.82) is 0 Å². The SMILES string of the molecule is CO[C@@H](CNC(=O)C(=O)N[C@@H](C)c1ccccc1)c1cc2ccccc2o1. The molecule has 2 N–H and O–H groups in total. The quantitative estimate of drug-likeness (QED) is 0.657. The second-order valence-corrected chi connectivity index (χ2v) is 6.23. The number of amides is 2. The summed E-state index contributed by atoms with van der Waals surface area (Å²) in [6.45, 7) is 1.95. The monoisotopic (exact) mass is 366 g/mol. The Bertz CT molecular complexity index is 887. The summed E-state index contributed by atoms with van der Waals surface area (Å²) in [6.07, 6.45) is -0.485. The fourth-order valence-electron chi connectivity index (χ4n) is 2.81. The van der Waals surface area contributed by atoms with E-state index in [4.69, 9.17) is 9.15 Å². The third-order valence-corrected chi connectivity index (χ3v) is 4.35. The first kappa shape index (κ1) is 18.7. The zero-order valence-corrected chi connectivity index (χ0v) is 15.3. The highest BCUT2D eigenvalue weighted by Crippen LogP contribution is 2.25. The molecular formula is C21H22N2O4. The number of hydrogen-bond donors (Lipinski definition) is 2. The molecule has 1 aromatic heterocycles. The summed E-state index contributed by atoms with van der Waals surface area (Å²) in [4.78, 5) is 24.2. The van der Waals surface area contributed by atoms with E-state index in [0.717, 1.165) is 16.5 Å². The normalized spacial score (nSPS) is 13.1. The van der Waals surface area contributed by atoms with E-state index in [9.17, 15) is 9.59 Å². The number of fused-ring (bicyclic) bond motifs is 1. The van der Waals surface area contributed by atoms with Crippen molar-refractivity contribution in [2.75, 3.05) is 13.7 Å². The van der Waals surface area contributed by atoms with E-state index in [0.29, 0.717) is 5.76 Å². The molecule has 2 amide bonds. The molecule has 0 aliphatic heterocycles. The van der Waals surface area contributed by atoms with E-state index >= 15 is 0 Å². The summed E-state index contributed by atoms with van der Waals surface area (Å²) in [5.74, 6) is -0.807. The van der Waals surface area contributed by atoms with E-state index in [-0.39, 0.29) is 12.6 Å². The molecule has 0 saturated heterocycles. The molecule has 0 fully saturated rings.